The van der Waals surface area contributed by atoms with Gasteiger partial charge in [-0.3, -0.25) is 0 Å². The maximum atomic E-state index is 5.26. The van der Waals surface area contributed by atoms with Gasteiger partial charge in [-0.15, -0.1) is 0 Å². The van der Waals surface area contributed by atoms with E-state index < -0.39 is 0 Å². The molecule has 3 heteroatoms. The average molecular weight is 162 g/mol. The van der Waals surface area contributed by atoms with Crippen LogP contribution in [0, 0.1) is 0 Å². The van der Waals surface area contributed by atoms with Gasteiger partial charge in [0.25, 0.3) is 0 Å². The Labute approximate surface area is 68.5 Å². The number of furan rings is 1. The van der Waals surface area contributed by atoms with Gasteiger partial charge in [0, 0.05) is 5.39 Å². The lowest BCUT2D eigenvalue weighted by molar-refractivity contribution is 0.174. The molecule has 0 spiro atoms. The largest absolute Gasteiger partial charge is 0.460 e. The molecule has 1 aromatic heterocycles. The first-order valence-corrected chi connectivity index (χ1v) is 3.71. The lowest BCUT2D eigenvalue weighted by atomic mass is 10.2. The second-order valence-electron chi connectivity index (χ2n) is 2.64. The molecular weight excluding hydrogens is 156 g/mol. The van der Waals surface area contributed by atoms with E-state index in [0.29, 0.717) is 0 Å². The Morgan fingerprint density at radius 3 is 3.08 bits per heavy atom. The minimum atomic E-state index is 0.287. The van der Waals surface area contributed by atoms with E-state index in [1.165, 1.54) is 0 Å². The van der Waals surface area contributed by atoms with Crippen LogP contribution in [0.25, 0.3) is 11.0 Å². The van der Waals surface area contributed by atoms with Gasteiger partial charge in [-0.1, -0.05) is 0 Å². The molecule has 3 nitrogen and oxygen atoms in total. The average Bonchev–Trinajstić information content (AvgIpc) is 2.71. The molecule has 0 saturated heterocycles. The first-order chi connectivity index (χ1) is 5.95. The molecule has 3 rings (SSSR count). The van der Waals surface area contributed by atoms with Crippen molar-refractivity contribution in [2.24, 2.45) is 0 Å². The van der Waals surface area contributed by atoms with Crippen LogP contribution in [0.4, 0.5) is 0 Å². The first-order valence-electron chi connectivity index (χ1n) is 3.71. The van der Waals surface area contributed by atoms with Crippen LogP contribution >= 0.6 is 0 Å². The summed E-state index contributed by atoms with van der Waals surface area (Å²) >= 11 is 0. The summed E-state index contributed by atoms with van der Waals surface area (Å²) in [7, 11) is 0. The first kappa shape index (κ1) is 5.94. The lowest BCUT2D eigenvalue weighted by Crippen LogP contribution is -1.93. The van der Waals surface area contributed by atoms with Crippen molar-refractivity contribution >= 4 is 11.0 Å². The van der Waals surface area contributed by atoms with E-state index in [1.807, 2.05) is 18.2 Å². The van der Waals surface area contributed by atoms with Crippen molar-refractivity contribution in [2.75, 3.05) is 6.79 Å². The van der Waals surface area contributed by atoms with Crippen LogP contribution < -0.4 is 9.47 Å². The highest BCUT2D eigenvalue weighted by atomic mass is 16.7. The van der Waals surface area contributed by atoms with E-state index in [2.05, 4.69) is 0 Å². The molecule has 0 radical (unpaired) electrons. The van der Waals surface area contributed by atoms with E-state index in [0.717, 1.165) is 22.5 Å². The third-order valence-corrected chi connectivity index (χ3v) is 1.96. The van der Waals surface area contributed by atoms with Crippen molar-refractivity contribution < 1.29 is 13.9 Å². The van der Waals surface area contributed by atoms with Gasteiger partial charge >= 0.3 is 0 Å². The van der Waals surface area contributed by atoms with Crippen LogP contribution in [0.15, 0.2) is 28.9 Å². The summed E-state index contributed by atoms with van der Waals surface area (Å²) in [6.45, 7) is 0.287. The molecule has 1 aromatic carbocycles. The van der Waals surface area contributed by atoms with Crippen LogP contribution in [0.5, 0.6) is 11.5 Å². The zero-order valence-electron chi connectivity index (χ0n) is 6.24. The molecule has 0 saturated carbocycles. The highest BCUT2D eigenvalue weighted by Gasteiger charge is 2.18. The molecule has 0 bridgehead atoms. The number of hydrogen-bond donors (Lipinski definition) is 0. The maximum Gasteiger partial charge on any atom is 0.231 e. The Kier molecular flexibility index (Phi) is 0.961. The normalized spacial score (nSPS) is 14.0. The molecule has 0 atom stereocenters. The van der Waals surface area contributed by atoms with Crippen molar-refractivity contribution in [1.82, 2.24) is 0 Å². The van der Waals surface area contributed by atoms with Gasteiger partial charge in [0.15, 0.2) is 11.3 Å². The summed E-state index contributed by atoms with van der Waals surface area (Å²) in [5.74, 6) is 1.48. The Morgan fingerprint density at radius 2 is 2.08 bits per heavy atom. The molecule has 60 valence electrons. The molecule has 0 aliphatic carbocycles. The lowest BCUT2D eigenvalue weighted by Gasteiger charge is -1.94. The van der Waals surface area contributed by atoms with Crippen LogP contribution in [0.2, 0.25) is 0 Å². The van der Waals surface area contributed by atoms with Crippen LogP contribution in [0.1, 0.15) is 0 Å². The van der Waals surface area contributed by atoms with Crippen LogP contribution in [0.3, 0.4) is 0 Å². The van der Waals surface area contributed by atoms with E-state index in [-0.39, 0.29) is 6.79 Å². The Bertz CT molecular complexity index is 430. The number of hydrogen-bond acceptors (Lipinski definition) is 3. The second kappa shape index (κ2) is 1.94. The van der Waals surface area contributed by atoms with Crippen LogP contribution in [-0.4, -0.2) is 6.79 Å². The third kappa shape index (κ3) is 0.605. The summed E-state index contributed by atoms with van der Waals surface area (Å²) < 4.78 is 15.7. The van der Waals surface area contributed by atoms with Crippen molar-refractivity contribution in [3.05, 3.63) is 24.5 Å². The van der Waals surface area contributed by atoms with Gasteiger partial charge in [-0.2, -0.15) is 0 Å². The fraction of sp³-hybridized carbons (Fsp3) is 0.111. The van der Waals surface area contributed by atoms with Crippen molar-refractivity contribution in [3.8, 4) is 11.5 Å². The smallest absolute Gasteiger partial charge is 0.231 e. The van der Waals surface area contributed by atoms with E-state index in [1.54, 1.807) is 6.26 Å². The summed E-state index contributed by atoms with van der Waals surface area (Å²) in [5.41, 5.74) is 0.769. The molecule has 0 amide bonds. The van der Waals surface area contributed by atoms with Gasteiger partial charge < -0.3 is 13.9 Å². The minimum Gasteiger partial charge on any atom is -0.460 e. The molecule has 0 fully saturated rings. The van der Waals surface area contributed by atoms with Crippen LogP contribution in [-0.2, 0) is 0 Å². The zero-order valence-corrected chi connectivity index (χ0v) is 6.24. The predicted octanol–water partition coefficient (Wildman–Crippen LogP) is 2.16. The molecule has 2 heterocycles. The van der Waals surface area contributed by atoms with Crippen molar-refractivity contribution in [1.29, 1.82) is 0 Å². The summed E-state index contributed by atoms with van der Waals surface area (Å²) in [5, 5.41) is 1.04. The Hall–Kier alpha value is -1.64. The van der Waals surface area contributed by atoms with Gasteiger partial charge in [0.2, 0.25) is 12.5 Å². The SMILES string of the molecule is c1cc2ccc3c(c2o1)OCO3. The summed E-state index contributed by atoms with van der Waals surface area (Å²) in [6, 6.07) is 5.74. The number of ether oxygens (including phenoxy) is 2. The number of rotatable bonds is 0. The molecule has 1 aliphatic rings. The van der Waals surface area contributed by atoms with Crippen molar-refractivity contribution in [3.63, 3.8) is 0 Å². The molecule has 1 aliphatic heterocycles. The van der Waals surface area contributed by atoms with E-state index in [9.17, 15) is 0 Å². The highest BCUT2D eigenvalue weighted by molar-refractivity contribution is 5.86. The second-order valence-corrected chi connectivity index (χ2v) is 2.64. The number of benzene rings is 1. The van der Waals surface area contributed by atoms with Crippen molar-refractivity contribution in [2.45, 2.75) is 0 Å². The fourth-order valence-electron chi connectivity index (χ4n) is 1.39. The molecule has 0 N–H and O–H groups in total. The highest BCUT2D eigenvalue weighted by Crippen LogP contribution is 2.39. The predicted molar refractivity (Wildman–Crippen MR) is 42.3 cm³/mol. The Balaban J connectivity index is 2.46. The zero-order chi connectivity index (χ0) is 7.97. The van der Waals surface area contributed by atoms with E-state index in [4.69, 9.17) is 13.9 Å². The molecular formula is C9H6O3. The van der Waals surface area contributed by atoms with E-state index >= 15 is 0 Å². The molecule has 12 heavy (non-hydrogen) atoms. The maximum absolute atomic E-state index is 5.26. The van der Waals surface area contributed by atoms with Gasteiger partial charge in [-0.05, 0) is 18.2 Å². The summed E-state index contributed by atoms with van der Waals surface area (Å²) in [4.78, 5) is 0. The monoisotopic (exact) mass is 162 g/mol. The topological polar surface area (TPSA) is 31.6 Å². The third-order valence-electron chi connectivity index (χ3n) is 1.96. The Morgan fingerprint density at radius 1 is 1.08 bits per heavy atom. The van der Waals surface area contributed by atoms with Gasteiger partial charge in [0.1, 0.15) is 0 Å². The molecule has 2 aromatic rings. The molecule has 0 unspecified atom stereocenters. The quantitative estimate of drug-likeness (QED) is 0.594. The minimum absolute atomic E-state index is 0.287. The van der Waals surface area contributed by atoms with Gasteiger partial charge in [-0.25, -0.2) is 0 Å². The fourth-order valence-corrected chi connectivity index (χ4v) is 1.39. The number of fused-ring (bicyclic) bond motifs is 3. The summed E-state index contributed by atoms with van der Waals surface area (Å²) in [6.07, 6.45) is 1.65. The van der Waals surface area contributed by atoms with Gasteiger partial charge in [0.05, 0.1) is 6.26 Å². The standard InChI is InChI=1S/C9H6O3/c1-2-7-9(12-5-11-7)8-6(1)3-4-10-8/h1-4H,5H2.